The molecule has 1 aliphatic rings. The van der Waals surface area contributed by atoms with E-state index in [1.807, 2.05) is 12.1 Å². The molecular formula is C24H20ClNO5S. The van der Waals surface area contributed by atoms with Crippen LogP contribution in [0.25, 0.3) is 11.1 Å². The summed E-state index contributed by atoms with van der Waals surface area (Å²) in [6, 6.07) is 12.4. The molecule has 1 aliphatic heterocycles. The Balaban J connectivity index is 1.93. The first kappa shape index (κ1) is 21.9. The van der Waals surface area contributed by atoms with Crippen molar-refractivity contribution in [1.82, 2.24) is 0 Å². The van der Waals surface area contributed by atoms with E-state index in [1.54, 1.807) is 43.5 Å². The second-order valence-corrected chi connectivity index (χ2v) is 8.63. The van der Waals surface area contributed by atoms with Gasteiger partial charge in [-0.25, -0.2) is 4.79 Å². The summed E-state index contributed by atoms with van der Waals surface area (Å²) in [5, 5.41) is 13.4. The van der Waals surface area contributed by atoms with Crippen LogP contribution in [0.15, 0.2) is 55.1 Å². The first-order valence-electron chi connectivity index (χ1n) is 9.81. The molecule has 4 rings (SSSR count). The van der Waals surface area contributed by atoms with Crippen LogP contribution in [-0.2, 0) is 4.79 Å². The highest BCUT2D eigenvalue weighted by Gasteiger charge is 2.36. The Morgan fingerprint density at radius 1 is 1.31 bits per heavy atom. The zero-order valence-electron chi connectivity index (χ0n) is 17.2. The Morgan fingerprint density at radius 2 is 2.06 bits per heavy atom. The topological polar surface area (TPSA) is 84.9 Å². The molecule has 2 heterocycles. The lowest BCUT2D eigenvalue weighted by Gasteiger charge is -2.26. The fourth-order valence-electron chi connectivity index (χ4n) is 3.85. The minimum absolute atomic E-state index is 0.154. The van der Waals surface area contributed by atoms with Crippen LogP contribution in [0.4, 0.5) is 5.69 Å². The number of carboxylic acids is 1. The summed E-state index contributed by atoms with van der Waals surface area (Å²) in [6.45, 7) is 3.96. The fraction of sp³-hybridized carbons (Fsp3) is 0.167. The van der Waals surface area contributed by atoms with Gasteiger partial charge < -0.3 is 19.9 Å². The van der Waals surface area contributed by atoms with Crippen molar-refractivity contribution in [1.29, 1.82) is 0 Å². The van der Waals surface area contributed by atoms with Crippen molar-refractivity contribution in [3.05, 3.63) is 75.5 Å². The Morgan fingerprint density at radius 3 is 2.72 bits per heavy atom. The number of benzene rings is 2. The smallest absolute Gasteiger partial charge is 0.346 e. The number of hydrogen-bond donors (Lipinski definition) is 2. The number of para-hydroxylation sites is 1. The summed E-state index contributed by atoms with van der Waals surface area (Å²) >= 11 is 7.17. The third-order valence-corrected chi connectivity index (χ3v) is 6.73. The zero-order chi connectivity index (χ0) is 22.8. The van der Waals surface area contributed by atoms with E-state index >= 15 is 0 Å². The number of thiophene rings is 1. The lowest BCUT2D eigenvalue weighted by Crippen LogP contribution is -2.23. The third-order valence-electron chi connectivity index (χ3n) is 5.18. The number of rotatable bonds is 7. The van der Waals surface area contributed by atoms with Gasteiger partial charge in [0.2, 0.25) is 5.91 Å². The monoisotopic (exact) mass is 469 g/mol. The first-order valence-corrected chi connectivity index (χ1v) is 11.0. The summed E-state index contributed by atoms with van der Waals surface area (Å²) < 4.78 is 11.4. The molecule has 8 heteroatoms. The maximum Gasteiger partial charge on any atom is 0.346 e. The SMILES string of the molecule is C=CCOc1c(OC)cccc1[C@H]1CC(=O)Nc2c1sc(C(=O)O)c2-c1ccc(Cl)cc1. The van der Waals surface area contributed by atoms with Crippen LogP contribution in [-0.4, -0.2) is 30.7 Å². The highest BCUT2D eigenvalue weighted by atomic mass is 35.5. The van der Waals surface area contributed by atoms with Crippen LogP contribution in [0.5, 0.6) is 11.5 Å². The van der Waals surface area contributed by atoms with E-state index in [-0.39, 0.29) is 23.8 Å². The highest BCUT2D eigenvalue weighted by Crippen LogP contribution is 2.51. The van der Waals surface area contributed by atoms with Gasteiger partial charge in [-0.15, -0.1) is 11.3 Å². The number of methoxy groups -OCH3 is 1. The predicted molar refractivity (Wildman–Crippen MR) is 126 cm³/mol. The van der Waals surface area contributed by atoms with Crippen LogP contribution in [0.3, 0.4) is 0 Å². The minimum Gasteiger partial charge on any atom is -0.493 e. The molecule has 32 heavy (non-hydrogen) atoms. The molecule has 1 aromatic heterocycles. The number of anilines is 1. The van der Waals surface area contributed by atoms with Gasteiger partial charge in [-0.2, -0.15) is 0 Å². The van der Waals surface area contributed by atoms with Gasteiger partial charge in [-0.05, 0) is 23.8 Å². The molecule has 0 radical (unpaired) electrons. The van der Waals surface area contributed by atoms with Gasteiger partial charge >= 0.3 is 5.97 Å². The quantitative estimate of drug-likeness (QED) is 0.426. The number of fused-ring (bicyclic) bond motifs is 1. The average Bonchev–Trinajstić information content (AvgIpc) is 3.17. The Bertz CT molecular complexity index is 1200. The second kappa shape index (κ2) is 9.06. The van der Waals surface area contributed by atoms with E-state index in [0.29, 0.717) is 33.3 Å². The lowest BCUT2D eigenvalue weighted by atomic mass is 9.88. The number of hydrogen-bond acceptors (Lipinski definition) is 5. The number of halogens is 1. The summed E-state index contributed by atoms with van der Waals surface area (Å²) in [7, 11) is 1.55. The fourth-order valence-corrected chi connectivity index (χ4v) is 5.21. The molecule has 2 aromatic carbocycles. The van der Waals surface area contributed by atoms with Gasteiger partial charge in [0.1, 0.15) is 11.5 Å². The Kier molecular flexibility index (Phi) is 6.21. The van der Waals surface area contributed by atoms with E-state index in [1.165, 1.54) is 0 Å². The van der Waals surface area contributed by atoms with Crippen molar-refractivity contribution in [2.75, 3.05) is 19.0 Å². The van der Waals surface area contributed by atoms with Crippen molar-refractivity contribution in [3.8, 4) is 22.6 Å². The maximum absolute atomic E-state index is 12.7. The average molecular weight is 470 g/mol. The van der Waals surface area contributed by atoms with Crippen LogP contribution in [0.2, 0.25) is 5.02 Å². The van der Waals surface area contributed by atoms with Crippen molar-refractivity contribution in [3.63, 3.8) is 0 Å². The number of carboxylic acid groups (broad SMARTS) is 1. The Hall–Kier alpha value is -3.29. The number of ether oxygens (including phenoxy) is 2. The summed E-state index contributed by atoms with van der Waals surface area (Å²) in [5.41, 5.74) is 2.40. The largest absolute Gasteiger partial charge is 0.493 e. The van der Waals surface area contributed by atoms with Crippen molar-refractivity contribution < 1.29 is 24.2 Å². The van der Waals surface area contributed by atoms with Crippen LogP contribution in [0.1, 0.15) is 32.5 Å². The molecule has 2 N–H and O–H groups in total. The molecule has 3 aromatic rings. The summed E-state index contributed by atoms with van der Waals surface area (Å²) in [6.07, 6.45) is 1.78. The summed E-state index contributed by atoms with van der Waals surface area (Å²) in [5.74, 6) is -0.609. The van der Waals surface area contributed by atoms with Gasteiger partial charge in [-0.3, -0.25) is 4.79 Å². The molecule has 0 bridgehead atoms. The van der Waals surface area contributed by atoms with Crippen LogP contribution in [0, 0.1) is 0 Å². The van der Waals surface area contributed by atoms with Crippen molar-refractivity contribution in [2.24, 2.45) is 0 Å². The highest BCUT2D eigenvalue weighted by molar-refractivity contribution is 7.15. The lowest BCUT2D eigenvalue weighted by molar-refractivity contribution is -0.116. The number of carbonyl (C=O) groups excluding carboxylic acids is 1. The molecule has 0 unspecified atom stereocenters. The number of aromatic carboxylic acids is 1. The van der Waals surface area contributed by atoms with Crippen LogP contribution < -0.4 is 14.8 Å². The standard InChI is InChI=1S/C24H20ClNO5S/c1-3-11-31-21-15(5-4-6-17(21)30-2)16-12-18(27)26-20-19(13-7-9-14(25)10-8-13)23(24(28)29)32-22(16)20/h3-10,16H,1,11-12H2,2H3,(H,26,27)(H,28,29)/t16-/m1/s1. The van der Waals surface area contributed by atoms with Crippen LogP contribution >= 0.6 is 22.9 Å². The summed E-state index contributed by atoms with van der Waals surface area (Å²) in [4.78, 5) is 25.8. The van der Waals surface area contributed by atoms with E-state index in [9.17, 15) is 14.7 Å². The molecule has 0 spiro atoms. The van der Waals surface area contributed by atoms with Gasteiger partial charge in [0, 0.05) is 33.4 Å². The number of amides is 1. The van der Waals surface area contributed by atoms with Crippen molar-refractivity contribution >= 4 is 40.5 Å². The molecule has 0 saturated carbocycles. The molecule has 0 saturated heterocycles. The zero-order valence-corrected chi connectivity index (χ0v) is 18.8. The minimum atomic E-state index is -1.06. The van der Waals surface area contributed by atoms with Gasteiger partial charge in [-0.1, -0.05) is 48.5 Å². The van der Waals surface area contributed by atoms with Gasteiger partial charge in [0.15, 0.2) is 11.5 Å². The first-order chi connectivity index (χ1) is 15.4. The number of nitrogens with one attached hydrogen (secondary N) is 1. The maximum atomic E-state index is 12.7. The van der Waals surface area contributed by atoms with E-state index in [4.69, 9.17) is 21.1 Å². The van der Waals surface area contributed by atoms with E-state index < -0.39 is 11.9 Å². The van der Waals surface area contributed by atoms with Gasteiger partial charge in [0.25, 0.3) is 0 Å². The predicted octanol–water partition coefficient (Wildman–Crippen LogP) is 5.81. The second-order valence-electron chi connectivity index (χ2n) is 7.14. The molecule has 0 aliphatic carbocycles. The van der Waals surface area contributed by atoms with E-state index in [2.05, 4.69) is 11.9 Å². The molecule has 6 nitrogen and oxygen atoms in total. The van der Waals surface area contributed by atoms with E-state index in [0.717, 1.165) is 21.8 Å². The molecule has 1 amide bonds. The third kappa shape index (κ3) is 3.97. The van der Waals surface area contributed by atoms with Gasteiger partial charge in [0.05, 0.1) is 12.8 Å². The molecule has 0 fully saturated rings. The van der Waals surface area contributed by atoms with Crippen molar-refractivity contribution in [2.45, 2.75) is 12.3 Å². The molecular weight excluding hydrogens is 450 g/mol. The normalized spacial score (nSPS) is 14.9. The number of carbonyl (C=O) groups is 2. The molecule has 164 valence electrons. The Labute approximate surface area is 194 Å². The molecule has 1 atom stereocenters.